The number of ether oxygens (including phenoxy) is 3. The molecule has 340 valence electrons. The largest absolute Gasteiger partial charge is 0.494 e. The van der Waals surface area contributed by atoms with Crippen LogP contribution in [0.2, 0.25) is 0 Å². The molecule has 4 aromatic carbocycles. The number of hydrogen-bond acceptors (Lipinski definition) is 11. The third-order valence-corrected chi connectivity index (χ3v) is 10.8. The molecule has 13 heteroatoms. The van der Waals surface area contributed by atoms with Gasteiger partial charge in [0.25, 0.3) is 0 Å². The van der Waals surface area contributed by atoms with E-state index in [1.165, 1.54) is 31.4 Å². The Labute approximate surface area is 384 Å². The van der Waals surface area contributed by atoms with Gasteiger partial charge in [0.1, 0.15) is 47.5 Å². The minimum Gasteiger partial charge on any atom is -0.494 e. The monoisotopic (exact) mass is 889 g/mol. The van der Waals surface area contributed by atoms with Crippen molar-refractivity contribution >= 4 is 11.8 Å². The SMILES string of the molecule is C=CC(=O)NCCOc1ccc(-c2cc(-c3cc(-c4cc(-c5ccc(OCCNC(=O)C=C)cc5)no4)cc(-c4cc(-c5ccc(OCC[C@H](C)CCCC(C)C)cc5)no4)c3)on2)cc1. The number of carbonyl (C=O) groups excluding carboxylic acids is 2. The second-order valence-corrected chi connectivity index (χ2v) is 16.4. The highest BCUT2D eigenvalue weighted by Gasteiger charge is 2.18. The summed E-state index contributed by atoms with van der Waals surface area (Å²) in [5, 5.41) is 18.6. The lowest BCUT2D eigenvalue weighted by molar-refractivity contribution is -0.117. The normalized spacial score (nSPS) is 11.5. The molecule has 0 aliphatic rings. The van der Waals surface area contributed by atoms with Crippen LogP contribution in [0.15, 0.2) is 148 Å². The molecule has 0 saturated heterocycles. The molecule has 13 nitrogen and oxygen atoms in total. The van der Waals surface area contributed by atoms with Gasteiger partial charge >= 0.3 is 0 Å². The molecule has 0 spiro atoms. The highest BCUT2D eigenvalue weighted by atomic mass is 16.5. The molecule has 0 fully saturated rings. The Hall–Kier alpha value is -7.67. The molecule has 0 saturated carbocycles. The van der Waals surface area contributed by atoms with Crippen molar-refractivity contribution in [1.82, 2.24) is 26.1 Å². The molecule has 1 atom stereocenters. The third-order valence-electron chi connectivity index (χ3n) is 10.8. The van der Waals surface area contributed by atoms with Crippen molar-refractivity contribution in [3.8, 4) is 85.0 Å². The molecular weight excluding hydrogens is 835 g/mol. The van der Waals surface area contributed by atoms with E-state index in [0.717, 1.165) is 51.5 Å². The zero-order valence-electron chi connectivity index (χ0n) is 37.6. The van der Waals surface area contributed by atoms with Gasteiger partial charge in [0.2, 0.25) is 11.8 Å². The van der Waals surface area contributed by atoms with Gasteiger partial charge < -0.3 is 38.4 Å². The van der Waals surface area contributed by atoms with Crippen LogP contribution in [0.3, 0.4) is 0 Å². The van der Waals surface area contributed by atoms with E-state index in [1.54, 1.807) is 0 Å². The van der Waals surface area contributed by atoms with Crippen molar-refractivity contribution in [3.63, 3.8) is 0 Å². The maximum atomic E-state index is 11.4. The number of benzene rings is 4. The van der Waals surface area contributed by atoms with Crippen LogP contribution in [-0.2, 0) is 9.59 Å². The van der Waals surface area contributed by atoms with E-state index in [-0.39, 0.29) is 11.8 Å². The zero-order chi connectivity index (χ0) is 46.3. The highest BCUT2D eigenvalue weighted by molar-refractivity contribution is 5.87. The summed E-state index contributed by atoms with van der Waals surface area (Å²) in [6.45, 7) is 15.8. The fraction of sp³-hybridized carbons (Fsp3) is 0.264. The Morgan fingerprint density at radius 3 is 1.23 bits per heavy atom. The minimum absolute atomic E-state index is 0.251. The van der Waals surface area contributed by atoms with Crippen molar-refractivity contribution < 1.29 is 37.4 Å². The Morgan fingerprint density at radius 1 is 0.515 bits per heavy atom. The van der Waals surface area contributed by atoms with Gasteiger partial charge in [-0.05, 0) is 121 Å². The topological polar surface area (TPSA) is 164 Å². The molecule has 0 aliphatic carbocycles. The van der Waals surface area contributed by atoms with Crippen LogP contribution in [0.5, 0.6) is 17.2 Å². The number of nitrogens with zero attached hydrogens (tertiary/aromatic N) is 3. The first kappa shape index (κ1) is 46.3. The van der Waals surface area contributed by atoms with Crippen LogP contribution < -0.4 is 24.8 Å². The van der Waals surface area contributed by atoms with Crippen molar-refractivity contribution in [2.75, 3.05) is 32.9 Å². The van der Waals surface area contributed by atoms with Crippen LogP contribution in [-0.4, -0.2) is 60.2 Å². The Kier molecular flexibility index (Phi) is 16.0. The summed E-state index contributed by atoms with van der Waals surface area (Å²) in [6, 6.07) is 34.4. The first-order valence-corrected chi connectivity index (χ1v) is 22.2. The molecule has 0 aliphatic heterocycles. The van der Waals surface area contributed by atoms with E-state index < -0.39 is 0 Å². The van der Waals surface area contributed by atoms with E-state index >= 15 is 0 Å². The van der Waals surface area contributed by atoms with Crippen LogP contribution in [0, 0.1) is 11.8 Å². The number of nitrogens with one attached hydrogen (secondary N) is 2. The number of amides is 2. The zero-order valence-corrected chi connectivity index (χ0v) is 37.6. The van der Waals surface area contributed by atoms with Crippen molar-refractivity contribution in [3.05, 3.63) is 135 Å². The number of carbonyl (C=O) groups is 2. The van der Waals surface area contributed by atoms with Gasteiger partial charge in [0.05, 0.1) is 19.7 Å². The Bertz CT molecular complexity index is 2550. The molecule has 2 amide bonds. The number of rotatable bonds is 24. The standard InChI is InChI=1S/C53H55N5O8/c1-6-52(59)54-24-27-62-44-19-13-38(14-20-44)47-33-50(65-57-47)41-29-40(49-32-46(56-64-49)37-11-17-43(18-12-37)61-26-23-36(5)10-8-9-35(3)4)30-42(31-41)51-34-48(58-66-51)39-15-21-45(22-16-39)63-28-25-55-53(60)7-2/h6-7,11-22,29-36H,1-2,8-10,23-28H2,3-5H3,(H,54,59)(H,55,60)/t36-/m1/s1. The van der Waals surface area contributed by atoms with Crippen LogP contribution in [0.4, 0.5) is 0 Å². The summed E-state index contributed by atoms with van der Waals surface area (Å²) in [4.78, 5) is 22.8. The fourth-order valence-corrected chi connectivity index (χ4v) is 7.09. The fourth-order valence-electron chi connectivity index (χ4n) is 7.09. The molecule has 7 rings (SSSR count). The maximum absolute atomic E-state index is 11.4. The predicted octanol–water partition coefficient (Wildman–Crippen LogP) is 11.2. The molecule has 7 aromatic rings. The van der Waals surface area contributed by atoms with Crippen molar-refractivity contribution in [2.24, 2.45) is 11.8 Å². The molecule has 3 aromatic heterocycles. The third kappa shape index (κ3) is 13.0. The van der Waals surface area contributed by atoms with Gasteiger partial charge in [0, 0.05) is 51.6 Å². The van der Waals surface area contributed by atoms with Gasteiger partial charge in [0.15, 0.2) is 17.3 Å². The average molecular weight is 890 g/mol. The average Bonchev–Trinajstić information content (AvgIpc) is 4.15. The molecule has 2 N–H and O–H groups in total. The van der Waals surface area contributed by atoms with E-state index in [4.69, 9.17) is 27.8 Å². The summed E-state index contributed by atoms with van der Waals surface area (Å²) in [5.74, 6) is 4.56. The van der Waals surface area contributed by atoms with E-state index in [1.807, 2.05) is 109 Å². The highest BCUT2D eigenvalue weighted by Crippen LogP contribution is 2.37. The van der Waals surface area contributed by atoms with Gasteiger partial charge in [-0.25, -0.2) is 0 Å². The summed E-state index contributed by atoms with van der Waals surface area (Å²) >= 11 is 0. The number of aromatic nitrogens is 3. The van der Waals surface area contributed by atoms with Gasteiger partial charge in [-0.1, -0.05) is 68.7 Å². The number of hydrogen-bond donors (Lipinski definition) is 2. The lowest BCUT2D eigenvalue weighted by Gasteiger charge is -2.13. The first-order chi connectivity index (χ1) is 32.1. The summed E-state index contributed by atoms with van der Waals surface area (Å²) in [6.07, 6.45) is 7.20. The quantitative estimate of drug-likeness (QED) is 0.0438. The Balaban J connectivity index is 1.09. The van der Waals surface area contributed by atoms with Gasteiger partial charge in [-0.15, -0.1) is 0 Å². The Morgan fingerprint density at radius 2 is 0.879 bits per heavy atom. The van der Waals surface area contributed by atoms with Gasteiger partial charge in [-0.3, -0.25) is 9.59 Å². The maximum Gasteiger partial charge on any atom is 0.243 e. The van der Waals surface area contributed by atoms with Crippen molar-refractivity contribution in [2.45, 2.75) is 46.5 Å². The van der Waals surface area contributed by atoms with Crippen LogP contribution in [0.1, 0.15) is 46.5 Å². The lowest BCUT2D eigenvalue weighted by Crippen LogP contribution is -2.26. The summed E-state index contributed by atoms with van der Waals surface area (Å²) < 4.78 is 35.5. The second kappa shape index (κ2) is 22.8. The molecule has 0 unspecified atom stereocenters. The summed E-state index contributed by atoms with van der Waals surface area (Å²) in [7, 11) is 0. The lowest BCUT2D eigenvalue weighted by atomic mass is 9.98. The second-order valence-electron chi connectivity index (χ2n) is 16.4. The summed E-state index contributed by atoms with van der Waals surface area (Å²) in [5.41, 5.74) is 6.65. The smallest absolute Gasteiger partial charge is 0.243 e. The van der Waals surface area contributed by atoms with Crippen LogP contribution >= 0.6 is 0 Å². The predicted molar refractivity (Wildman–Crippen MR) is 255 cm³/mol. The van der Waals surface area contributed by atoms with Crippen molar-refractivity contribution in [1.29, 1.82) is 0 Å². The first-order valence-electron chi connectivity index (χ1n) is 22.2. The minimum atomic E-state index is -0.251. The molecule has 0 bridgehead atoms. The molecule has 3 heterocycles. The van der Waals surface area contributed by atoms with E-state index in [9.17, 15) is 9.59 Å². The molecule has 66 heavy (non-hydrogen) atoms. The van der Waals surface area contributed by atoms with E-state index in [2.05, 4.69) is 60.0 Å². The van der Waals surface area contributed by atoms with E-state index in [0.29, 0.717) is 84.7 Å². The molecular formula is C53H55N5O8. The van der Waals surface area contributed by atoms with Crippen LogP contribution in [0.25, 0.3) is 67.7 Å². The molecule has 0 radical (unpaired) electrons. The van der Waals surface area contributed by atoms with Gasteiger partial charge in [-0.2, -0.15) is 0 Å².